The fraction of sp³-hybridized carbons (Fsp3) is 0.923. The number of unbranched alkanes of at least 4 members (excludes halogenated alkanes) is 36. The molecule has 0 heterocycles. The summed E-state index contributed by atoms with van der Waals surface area (Å²) >= 11 is 61.4. The molecule has 0 rings (SSSR count). The Morgan fingerprint density at radius 2 is 0.235 bits per heavy atom. The van der Waals surface area contributed by atoms with Crippen molar-refractivity contribution in [3.8, 4) is 0 Å². The average Bonchev–Trinajstić information content (AvgIpc) is 3.22. The summed E-state index contributed by atoms with van der Waals surface area (Å²) in [6, 6.07) is 0. The van der Waals surface area contributed by atoms with Crippen molar-refractivity contribution in [2.75, 3.05) is 78.5 Å². The second-order valence-electron chi connectivity index (χ2n) is 26.2. The largest absolute Gasteiger partial charge is 6.00 e. The normalized spacial score (nSPS) is 10.2. The van der Waals surface area contributed by atoms with Crippen molar-refractivity contribution >= 4 is 188 Å². The van der Waals surface area contributed by atoms with Gasteiger partial charge in [0.25, 0.3) is 0 Å². The van der Waals surface area contributed by atoms with Crippen LogP contribution < -0.4 is 0 Å². The van der Waals surface area contributed by atoms with Gasteiger partial charge < -0.3 is 192 Å². The molecule has 0 aliphatic heterocycles. The zero-order valence-electron chi connectivity index (χ0n) is 65.8. The van der Waals surface area contributed by atoms with Crippen molar-refractivity contribution in [1.29, 1.82) is 0 Å². The minimum Gasteiger partial charge on any atom is -2.00 e. The van der Waals surface area contributed by atoms with Crippen LogP contribution in [0, 0.1) is 0 Å². The Bertz CT molecular complexity index is 1260. The molecule has 0 fully saturated rings. The van der Waals surface area contributed by atoms with Gasteiger partial charge in [0.05, 0.1) is 0 Å². The van der Waals surface area contributed by atoms with Crippen LogP contribution in [-0.2, 0) is 110 Å². The van der Waals surface area contributed by atoms with Gasteiger partial charge in [-0.1, -0.05) is 340 Å². The van der Waals surface area contributed by atoms with E-state index in [-0.39, 0.29) is 34.6 Å². The maximum absolute atomic E-state index is 5.11. The van der Waals surface area contributed by atoms with Gasteiger partial charge in [-0.3, -0.25) is 0 Å². The van der Waals surface area contributed by atoms with Crippen molar-refractivity contribution in [2.24, 2.45) is 0 Å². The summed E-state index contributed by atoms with van der Waals surface area (Å²) in [6.07, 6.45) is 61.8. The first kappa shape index (κ1) is 116. The van der Waals surface area contributed by atoms with Crippen LogP contribution in [-0.4, -0.2) is 134 Å². The smallest absolute Gasteiger partial charge is 2.00 e. The molecule has 6 nitrogen and oxygen atoms in total. The number of hydrogen-bond acceptors (Lipinski definition) is 12. The van der Waals surface area contributed by atoms with Crippen LogP contribution in [0.2, 0.25) is 0 Å². The van der Waals surface area contributed by atoms with Crippen LogP contribution in [0.3, 0.4) is 0 Å². The third kappa shape index (κ3) is 95.7. The Labute approximate surface area is 701 Å². The van der Waals surface area contributed by atoms with E-state index in [1.807, 2.05) is 0 Å². The summed E-state index contributed by atoms with van der Waals surface area (Å²) in [5.41, 5.74) is 0. The van der Waals surface area contributed by atoms with E-state index in [1.54, 1.807) is 0 Å². The van der Waals surface area contributed by atoms with E-state index in [2.05, 4.69) is 112 Å². The summed E-state index contributed by atoms with van der Waals surface area (Å²) in [6.45, 7) is 39.6. The van der Waals surface area contributed by atoms with Crippen LogP contribution in [0.25, 0.3) is 0 Å². The average molecular weight is 1690 g/mol. The Morgan fingerprint density at radius 1 is 0.163 bits per heavy atom. The monoisotopic (exact) mass is 1690 g/mol. The molecule has 584 valence electrons. The van der Waals surface area contributed by atoms with Crippen molar-refractivity contribution in [1.82, 2.24) is 29.4 Å². The van der Waals surface area contributed by atoms with Crippen molar-refractivity contribution in [2.45, 2.75) is 391 Å². The maximum Gasteiger partial charge on any atom is 6.00 e. The van der Waals surface area contributed by atoms with Gasteiger partial charge >= 0.3 is 21.1 Å². The topological polar surface area (TPSA) is 19.4 Å². The molecule has 0 aromatic heterocycles. The molecule has 0 saturated carbocycles. The van der Waals surface area contributed by atoms with E-state index in [4.69, 9.17) is 149 Å². The molecule has 0 atom stereocenters. The van der Waals surface area contributed by atoms with Crippen LogP contribution in [0.1, 0.15) is 391 Å². The van der Waals surface area contributed by atoms with Crippen molar-refractivity contribution in [3.63, 3.8) is 0 Å². The fourth-order valence-electron chi connectivity index (χ4n) is 10.5. The molecule has 20 heteroatoms. The quantitative estimate of drug-likeness (QED) is 0.0249. The van der Waals surface area contributed by atoms with Gasteiger partial charge in [0.2, 0.25) is 0 Å². The maximum atomic E-state index is 5.11. The molecule has 0 saturated heterocycles. The van der Waals surface area contributed by atoms with Crippen LogP contribution in [0.15, 0.2) is 0 Å². The van der Waals surface area contributed by atoms with E-state index >= 15 is 0 Å². The standard InChI is InChI=1S/6C13H27NS2.Mo.S/c6*1-3-5-7-9-11-14(13(15)16)12-10-8-6-4-2;;/h6*3-12H2,1-2H3,(H,15,16);;/q;;;;;;+6;-2/p-6. The zero-order valence-corrected chi connectivity index (χ0v) is 78.4. The van der Waals surface area contributed by atoms with Gasteiger partial charge in [-0.05, 0) is 77.0 Å². The number of rotatable bonds is 60. The Kier molecular flexibility index (Phi) is 116. The summed E-state index contributed by atoms with van der Waals surface area (Å²) in [5, 5.41) is 0. The molecule has 0 N–H and O–H groups in total. The Hall–Kier alpha value is 1.70. The SMILES string of the molecule is CCCCCCN(CCCCCC)C(=S)[S-].CCCCCCN(CCCCCC)C(=S)[S-].CCCCCCN(CCCCCC)C(=S)[S-].CCCCCCN(CCCCCC)C(=S)[S-].CCCCCCN(CCCCCC)C(=S)[S-].CCCCCCN(CCCCCC)C(=S)[S-].[Mo+6].[S-2]. The molecule has 0 unspecified atom stereocenters. The van der Waals surface area contributed by atoms with Crippen LogP contribution >= 0.6 is 73.3 Å². The fourth-order valence-corrected chi connectivity index (χ4v) is 12.7. The van der Waals surface area contributed by atoms with E-state index < -0.39 is 0 Å². The van der Waals surface area contributed by atoms with Gasteiger partial charge in [0.1, 0.15) is 0 Å². The summed E-state index contributed by atoms with van der Waals surface area (Å²) in [7, 11) is 0. The molecule has 98 heavy (non-hydrogen) atoms. The second kappa shape index (κ2) is 98.7. The summed E-state index contributed by atoms with van der Waals surface area (Å²) in [5.74, 6) is 0. The van der Waals surface area contributed by atoms with Gasteiger partial charge in [-0.2, -0.15) is 0 Å². The number of hydrogen-bond donors (Lipinski definition) is 0. The zero-order chi connectivity index (χ0) is 73.4. The van der Waals surface area contributed by atoms with E-state index in [1.165, 1.54) is 308 Å². The van der Waals surface area contributed by atoms with Crippen LogP contribution in [0.5, 0.6) is 0 Å². The molecule has 0 aliphatic rings. The third-order valence-corrected chi connectivity index (χ3v) is 20.0. The minimum absolute atomic E-state index is 0. The molecule has 0 radical (unpaired) electrons. The molecule has 0 aliphatic carbocycles. The van der Waals surface area contributed by atoms with E-state index in [0.717, 1.165) is 78.5 Å². The van der Waals surface area contributed by atoms with Gasteiger partial charge in [0, 0.05) is 78.5 Å². The first-order valence-corrected chi connectivity index (χ1v) is 45.0. The Morgan fingerprint density at radius 3 is 0.286 bits per heavy atom. The van der Waals surface area contributed by atoms with Crippen LogP contribution in [0.4, 0.5) is 0 Å². The van der Waals surface area contributed by atoms with Crippen molar-refractivity contribution < 1.29 is 21.1 Å². The number of thiocarbonyl (C=S) groups is 6. The first-order chi connectivity index (χ1) is 46.3. The third-order valence-electron chi connectivity index (χ3n) is 16.9. The Balaban J connectivity index is -0.000000165. The molecule has 0 bridgehead atoms. The molecule has 0 spiro atoms. The second-order valence-corrected chi connectivity index (χ2v) is 32.4. The predicted octanol–water partition coefficient (Wildman–Crippen LogP) is 25.7. The minimum atomic E-state index is 0. The molecule has 0 aromatic rings. The molecular formula is C78H156MoN6S13-2. The molecule has 0 amide bonds. The number of nitrogens with zero attached hydrogens (tertiary/aromatic N) is 6. The molecular weight excluding hydrogens is 1530 g/mol. The van der Waals surface area contributed by atoms with Gasteiger partial charge in [-0.25, -0.2) is 0 Å². The molecule has 0 aromatic carbocycles. The van der Waals surface area contributed by atoms with Gasteiger partial charge in [0.15, 0.2) is 0 Å². The van der Waals surface area contributed by atoms with Gasteiger partial charge in [-0.15, -0.1) is 0 Å². The predicted molar refractivity (Wildman–Crippen MR) is 486 cm³/mol. The summed E-state index contributed by atoms with van der Waals surface area (Å²) in [4.78, 5) is 13.2. The van der Waals surface area contributed by atoms with E-state index in [0.29, 0.717) is 25.9 Å². The first-order valence-electron chi connectivity index (χ1n) is 40.1. The summed E-state index contributed by atoms with van der Waals surface area (Å²) < 4.78 is 3.96. The van der Waals surface area contributed by atoms with E-state index in [9.17, 15) is 0 Å². The van der Waals surface area contributed by atoms with Crippen molar-refractivity contribution in [3.05, 3.63) is 0 Å².